The van der Waals surface area contributed by atoms with Gasteiger partial charge >= 0.3 is 5.97 Å². The van der Waals surface area contributed by atoms with Gasteiger partial charge in [-0.05, 0) is 31.9 Å². The summed E-state index contributed by atoms with van der Waals surface area (Å²) in [6.45, 7) is 7.25. The van der Waals surface area contributed by atoms with Crippen LogP contribution in [0.2, 0.25) is 0 Å². The van der Waals surface area contributed by atoms with Crippen molar-refractivity contribution in [1.82, 2.24) is 10.3 Å². The number of hydrogen-bond acceptors (Lipinski definition) is 5. The van der Waals surface area contributed by atoms with Gasteiger partial charge in [-0.15, -0.1) is 11.3 Å². The van der Waals surface area contributed by atoms with Crippen molar-refractivity contribution in [1.29, 1.82) is 0 Å². The fraction of sp³-hybridized carbons (Fsp3) is 0.438. The SMILES string of the molecule is CCC(C)C(NC(=O)c1sc(-c2ccc(C)o2)nc1C)C(=O)O. The van der Waals surface area contributed by atoms with E-state index in [2.05, 4.69) is 10.3 Å². The summed E-state index contributed by atoms with van der Waals surface area (Å²) < 4.78 is 5.51. The average Bonchev–Trinajstić information content (AvgIpc) is 3.09. The van der Waals surface area contributed by atoms with E-state index in [1.807, 2.05) is 19.9 Å². The van der Waals surface area contributed by atoms with E-state index in [0.717, 1.165) is 5.76 Å². The van der Waals surface area contributed by atoms with Crippen LogP contribution in [0.5, 0.6) is 0 Å². The molecule has 0 radical (unpaired) electrons. The topological polar surface area (TPSA) is 92.4 Å². The second-order valence-electron chi connectivity index (χ2n) is 5.52. The minimum absolute atomic E-state index is 0.156. The van der Waals surface area contributed by atoms with Crippen LogP contribution in [-0.2, 0) is 4.79 Å². The number of aliphatic carboxylic acids is 1. The standard InChI is InChI=1S/C16H20N2O4S/c1-5-8(2)12(16(20)21)18-14(19)13-10(4)17-15(23-13)11-7-6-9(3)22-11/h6-8,12H,5H2,1-4H3,(H,18,19)(H,20,21). The first kappa shape index (κ1) is 17.2. The molecule has 2 unspecified atom stereocenters. The monoisotopic (exact) mass is 336 g/mol. The number of rotatable bonds is 6. The number of aromatic nitrogens is 1. The number of amides is 1. The van der Waals surface area contributed by atoms with Crippen molar-refractivity contribution in [3.05, 3.63) is 28.5 Å². The van der Waals surface area contributed by atoms with Crippen molar-refractivity contribution in [3.63, 3.8) is 0 Å². The highest BCUT2D eigenvalue weighted by Crippen LogP contribution is 2.29. The van der Waals surface area contributed by atoms with Crippen molar-refractivity contribution in [2.24, 2.45) is 5.92 Å². The Morgan fingerprint density at radius 1 is 1.39 bits per heavy atom. The van der Waals surface area contributed by atoms with Crippen molar-refractivity contribution in [3.8, 4) is 10.8 Å². The average molecular weight is 336 g/mol. The molecule has 2 atom stereocenters. The number of carboxylic acids is 1. The first-order valence-corrected chi connectivity index (χ1v) is 8.23. The molecule has 7 heteroatoms. The lowest BCUT2D eigenvalue weighted by molar-refractivity contribution is -0.140. The van der Waals surface area contributed by atoms with Crippen LogP contribution in [0.1, 0.15) is 41.4 Å². The third-order valence-electron chi connectivity index (χ3n) is 3.72. The molecular formula is C16H20N2O4S. The van der Waals surface area contributed by atoms with Gasteiger partial charge in [0.2, 0.25) is 0 Å². The number of carboxylic acid groups (broad SMARTS) is 1. The molecule has 0 aliphatic heterocycles. The first-order valence-electron chi connectivity index (χ1n) is 7.41. The van der Waals surface area contributed by atoms with E-state index in [1.54, 1.807) is 19.9 Å². The van der Waals surface area contributed by atoms with Gasteiger partial charge in [0.25, 0.3) is 5.91 Å². The first-order chi connectivity index (χ1) is 10.8. The molecule has 124 valence electrons. The molecule has 0 aromatic carbocycles. The third kappa shape index (κ3) is 3.79. The largest absolute Gasteiger partial charge is 0.480 e. The molecule has 0 aliphatic carbocycles. The number of nitrogens with one attached hydrogen (secondary N) is 1. The molecule has 0 saturated heterocycles. The van der Waals surface area contributed by atoms with Gasteiger partial charge in [-0.3, -0.25) is 4.79 Å². The molecule has 0 fully saturated rings. The fourth-order valence-electron chi connectivity index (χ4n) is 2.15. The summed E-state index contributed by atoms with van der Waals surface area (Å²) in [5, 5.41) is 12.5. The Hall–Kier alpha value is -2.15. The van der Waals surface area contributed by atoms with Crippen LogP contribution in [0.3, 0.4) is 0 Å². The highest BCUT2D eigenvalue weighted by atomic mass is 32.1. The van der Waals surface area contributed by atoms with Crippen LogP contribution in [0, 0.1) is 19.8 Å². The normalized spacial score (nSPS) is 13.6. The number of nitrogens with zero attached hydrogens (tertiary/aromatic N) is 1. The van der Waals surface area contributed by atoms with Crippen molar-refractivity contribution < 1.29 is 19.1 Å². The van der Waals surface area contributed by atoms with Gasteiger partial charge in [-0.25, -0.2) is 9.78 Å². The van der Waals surface area contributed by atoms with E-state index in [4.69, 9.17) is 4.42 Å². The zero-order chi connectivity index (χ0) is 17.1. The summed E-state index contributed by atoms with van der Waals surface area (Å²) in [7, 11) is 0. The van der Waals surface area contributed by atoms with E-state index < -0.39 is 17.9 Å². The predicted octanol–water partition coefficient (Wildman–Crippen LogP) is 3.25. The second kappa shape index (κ2) is 6.95. The second-order valence-corrected chi connectivity index (χ2v) is 6.52. The minimum Gasteiger partial charge on any atom is -0.480 e. The molecule has 6 nitrogen and oxygen atoms in total. The van der Waals surface area contributed by atoms with Crippen molar-refractivity contribution in [2.75, 3.05) is 0 Å². The molecule has 2 N–H and O–H groups in total. The lowest BCUT2D eigenvalue weighted by Crippen LogP contribution is -2.44. The van der Waals surface area contributed by atoms with Crippen LogP contribution in [0.4, 0.5) is 0 Å². The van der Waals surface area contributed by atoms with Gasteiger partial charge in [-0.2, -0.15) is 0 Å². The molecular weight excluding hydrogens is 316 g/mol. The summed E-state index contributed by atoms with van der Waals surface area (Å²) in [5.41, 5.74) is 0.560. The molecule has 1 amide bonds. The lowest BCUT2D eigenvalue weighted by atomic mass is 9.99. The maximum Gasteiger partial charge on any atom is 0.326 e. The zero-order valence-electron chi connectivity index (χ0n) is 13.5. The minimum atomic E-state index is -1.03. The number of thiazole rings is 1. The van der Waals surface area contributed by atoms with Gasteiger partial charge in [-0.1, -0.05) is 20.3 Å². The van der Waals surface area contributed by atoms with E-state index in [-0.39, 0.29) is 5.92 Å². The van der Waals surface area contributed by atoms with Crippen LogP contribution in [0.15, 0.2) is 16.5 Å². The summed E-state index contributed by atoms with van der Waals surface area (Å²) in [5.74, 6) is -0.233. The van der Waals surface area contributed by atoms with E-state index in [0.29, 0.717) is 27.8 Å². The van der Waals surface area contributed by atoms with Gasteiger partial charge < -0.3 is 14.8 Å². The summed E-state index contributed by atoms with van der Waals surface area (Å²) in [6, 6.07) is 2.72. The molecule has 2 heterocycles. The van der Waals surface area contributed by atoms with Crippen LogP contribution < -0.4 is 5.32 Å². The van der Waals surface area contributed by atoms with Crippen LogP contribution in [0.25, 0.3) is 10.8 Å². The molecule has 0 bridgehead atoms. The molecule has 23 heavy (non-hydrogen) atoms. The number of carbonyl (C=O) groups is 2. The highest BCUT2D eigenvalue weighted by molar-refractivity contribution is 7.17. The smallest absolute Gasteiger partial charge is 0.326 e. The Balaban J connectivity index is 2.22. The van der Waals surface area contributed by atoms with Gasteiger partial charge in [0.05, 0.1) is 5.69 Å². The Morgan fingerprint density at radius 3 is 2.61 bits per heavy atom. The highest BCUT2D eigenvalue weighted by Gasteiger charge is 2.27. The Kier molecular flexibility index (Phi) is 5.20. The van der Waals surface area contributed by atoms with E-state index in [1.165, 1.54) is 11.3 Å². The molecule has 0 aliphatic rings. The molecule has 0 spiro atoms. The van der Waals surface area contributed by atoms with Gasteiger partial charge in [0.1, 0.15) is 16.7 Å². The predicted molar refractivity (Wildman–Crippen MR) is 87.6 cm³/mol. The fourth-order valence-corrected chi connectivity index (χ4v) is 3.08. The van der Waals surface area contributed by atoms with Crippen molar-refractivity contribution >= 4 is 23.2 Å². The summed E-state index contributed by atoms with van der Waals surface area (Å²) in [6.07, 6.45) is 0.663. The maximum absolute atomic E-state index is 12.4. The van der Waals surface area contributed by atoms with E-state index in [9.17, 15) is 14.7 Å². The molecule has 2 aromatic rings. The van der Waals surface area contributed by atoms with Crippen LogP contribution >= 0.6 is 11.3 Å². The Bertz CT molecular complexity index is 719. The molecule has 2 rings (SSSR count). The van der Waals surface area contributed by atoms with Gasteiger partial charge in [0.15, 0.2) is 10.8 Å². The Labute approximate surface area is 138 Å². The molecule has 2 aromatic heterocycles. The maximum atomic E-state index is 12.4. The third-order valence-corrected chi connectivity index (χ3v) is 4.89. The number of carbonyl (C=O) groups excluding carboxylic acids is 1. The van der Waals surface area contributed by atoms with Gasteiger partial charge in [0, 0.05) is 0 Å². The number of aryl methyl sites for hydroxylation is 2. The summed E-state index contributed by atoms with van der Waals surface area (Å²) >= 11 is 1.20. The summed E-state index contributed by atoms with van der Waals surface area (Å²) in [4.78, 5) is 28.5. The van der Waals surface area contributed by atoms with Crippen molar-refractivity contribution in [2.45, 2.75) is 40.2 Å². The van der Waals surface area contributed by atoms with E-state index >= 15 is 0 Å². The van der Waals surface area contributed by atoms with Crippen LogP contribution in [-0.4, -0.2) is 28.0 Å². The zero-order valence-corrected chi connectivity index (χ0v) is 14.4. The molecule has 0 saturated carbocycles. The Morgan fingerprint density at radius 2 is 2.09 bits per heavy atom. The lowest BCUT2D eigenvalue weighted by Gasteiger charge is -2.19. The number of furan rings is 1. The quantitative estimate of drug-likeness (QED) is 0.845. The number of hydrogen-bond donors (Lipinski definition) is 2.